The Labute approximate surface area is 105 Å². The number of nitrogens with zero attached hydrogens (tertiary/aromatic N) is 3. The number of carbonyl (C=O) groups is 1. The second kappa shape index (κ2) is 4.40. The van der Waals surface area contributed by atoms with Gasteiger partial charge >= 0.3 is 5.97 Å². The lowest BCUT2D eigenvalue weighted by molar-refractivity contribution is -0.136. The maximum atomic E-state index is 10.6. The number of carboxylic acid groups (broad SMARTS) is 1. The smallest absolute Gasteiger partial charge is 0.303 e. The number of aliphatic carboxylic acids is 1. The van der Waals surface area contributed by atoms with Crippen LogP contribution >= 0.6 is 0 Å². The molecule has 0 bridgehead atoms. The van der Waals surface area contributed by atoms with Crippen LogP contribution in [0.1, 0.15) is 38.6 Å². The van der Waals surface area contributed by atoms with Crippen LogP contribution in [0.4, 0.5) is 0 Å². The minimum absolute atomic E-state index is 0.0392. The van der Waals surface area contributed by atoms with Crippen molar-refractivity contribution in [2.45, 2.75) is 39.0 Å². The minimum Gasteiger partial charge on any atom is -0.481 e. The number of aryl methyl sites for hydroxylation is 1. The summed E-state index contributed by atoms with van der Waals surface area (Å²) in [6.07, 6.45) is 2.23. The van der Waals surface area contributed by atoms with E-state index in [2.05, 4.69) is 30.9 Å². The van der Waals surface area contributed by atoms with E-state index >= 15 is 0 Å². The monoisotopic (exact) mass is 247 g/mol. The molecule has 0 fully saturated rings. The Balaban J connectivity index is 2.40. The molecule has 2 aromatic rings. The van der Waals surface area contributed by atoms with Gasteiger partial charge in [-0.25, -0.2) is 9.50 Å². The molecule has 2 rings (SSSR count). The molecule has 0 unspecified atom stereocenters. The van der Waals surface area contributed by atoms with Crippen LogP contribution < -0.4 is 0 Å². The van der Waals surface area contributed by atoms with Gasteiger partial charge in [0.25, 0.3) is 0 Å². The van der Waals surface area contributed by atoms with Gasteiger partial charge in [0.05, 0.1) is 24.0 Å². The zero-order chi connectivity index (χ0) is 13.3. The van der Waals surface area contributed by atoms with Crippen molar-refractivity contribution in [3.05, 3.63) is 29.7 Å². The first kappa shape index (κ1) is 12.5. The summed E-state index contributed by atoms with van der Waals surface area (Å²) in [5.41, 5.74) is 2.51. The Hall–Kier alpha value is -1.91. The Morgan fingerprint density at radius 1 is 1.39 bits per heavy atom. The Bertz CT molecular complexity index is 581. The Morgan fingerprint density at radius 3 is 2.72 bits per heavy atom. The molecule has 0 saturated carbocycles. The first-order valence-corrected chi connectivity index (χ1v) is 5.94. The van der Waals surface area contributed by atoms with Crippen LogP contribution in [-0.2, 0) is 16.6 Å². The average Bonchev–Trinajstić information content (AvgIpc) is 2.67. The normalized spacial score (nSPS) is 11.9. The van der Waals surface area contributed by atoms with E-state index in [1.165, 1.54) is 0 Å². The zero-order valence-corrected chi connectivity index (χ0v) is 10.8. The maximum Gasteiger partial charge on any atom is 0.303 e. The van der Waals surface area contributed by atoms with E-state index in [1.807, 2.05) is 12.1 Å². The van der Waals surface area contributed by atoms with E-state index in [0.717, 1.165) is 17.0 Å². The van der Waals surface area contributed by atoms with Crippen molar-refractivity contribution < 1.29 is 9.90 Å². The molecule has 2 heterocycles. The summed E-state index contributed by atoms with van der Waals surface area (Å²) in [5.74, 6) is -0.808. The maximum absolute atomic E-state index is 10.6. The van der Waals surface area contributed by atoms with Crippen molar-refractivity contribution >= 4 is 11.6 Å². The highest BCUT2D eigenvalue weighted by atomic mass is 16.4. The molecule has 0 spiro atoms. The van der Waals surface area contributed by atoms with Crippen LogP contribution in [0, 0.1) is 0 Å². The third-order valence-corrected chi connectivity index (χ3v) is 2.80. The molecule has 0 aromatic carbocycles. The highest BCUT2D eigenvalue weighted by Gasteiger charge is 2.17. The highest BCUT2D eigenvalue weighted by Crippen LogP contribution is 2.20. The van der Waals surface area contributed by atoms with Gasteiger partial charge in [-0.3, -0.25) is 4.79 Å². The molecule has 2 aromatic heterocycles. The number of imidazole rings is 1. The van der Waals surface area contributed by atoms with Crippen LogP contribution in [0.5, 0.6) is 0 Å². The van der Waals surface area contributed by atoms with Crippen LogP contribution in [0.15, 0.2) is 18.3 Å². The summed E-state index contributed by atoms with van der Waals surface area (Å²) in [6.45, 7) is 6.28. The molecule has 96 valence electrons. The molecule has 5 heteroatoms. The summed E-state index contributed by atoms with van der Waals surface area (Å²) in [5, 5.41) is 13.3. The van der Waals surface area contributed by atoms with Gasteiger partial charge in [-0.2, -0.15) is 5.10 Å². The molecular weight excluding hydrogens is 230 g/mol. The van der Waals surface area contributed by atoms with E-state index in [-0.39, 0.29) is 11.8 Å². The predicted molar refractivity (Wildman–Crippen MR) is 67.6 cm³/mol. The Morgan fingerprint density at radius 2 is 2.11 bits per heavy atom. The molecule has 0 radical (unpaired) electrons. The van der Waals surface area contributed by atoms with Crippen molar-refractivity contribution in [1.82, 2.24) is 14.6 Å². The molecule has 0 aliphatic heterocycles. The highest BCUT2D eigenvalue weighted by molar-refractivity contribution is 5.67. The number of fused-ring (bicyclic) bond motifs is 1. The average molecular weight is 247 g/mol. The molecule has 0 saturated heterocycles. The number of hydrogen-bond donors (Lipinski definition) is 1. The number of rotatable bonds is 3. The summed E-state index contributed by atoms with van der Waals surface area (Å²) in [7, 11) is 0. The summed E-state index contributed by atoms with van der Waals surface area (Å²) < 4.78 is 1.74. The molecule has 0 aliphatic carbocycles. The van der Waals surface area contributed by atoms with Crippen molar-refractivity contribution in [2.24, 2.45) is 0 Å². The molecule has 0 atom stereocenters. The van der Waals surface area contributed by atoms with E-state index in [0.29, 0.717) is 6.42 Å². The van der Waals surface area contributed by atoms with Gasteiger partial charge in [0.2, 0.25) is 0 Å². The van der Waals surface area contributed by atoms with Crippen molar-refractivity contribution in [2.75, 3.05) is 0 Å². The fourth-order valence-electron chi connectivity index (χ4n) is 1.73. The lowest BCUT2D eigenvalue weighted by Gasteiger charge is -2.17. The van der Waals surface area contributed by atoms with Gasteiger partial charge in [-0.15, -0.1) is 0 Å². The second-order valence-electron chi connectivity index (χ2n) is 5.38. The first-order chi connectivity index (χ1) is 8.38. The molecule has 18 heavy (non-hydrogen) atoms. The van der Waals surface area contributed by atoms with Gasteiger partial charge in [0.15, 0.2) is 5.65 Å². The van der Waals surface area contributed by atoms with Gasteiger partial charge in [-0.05, 0) is 12.1 Å². The topological polar surface area (TPSA) is 67.5 Å². The van der Waals surface area contributed by atoms with E-state index in [1.54, 1.807) is 10.7 Å². The number of hydrogen-bond acceptors (Lipinski definition) is 3. The lowest BCUT2D eigenvalue weighted by atomic mass is 9.92. The number of aromatic nitrogens is 3. The fraction of sp³-hybridized carbons (Fsp3) is 0.462. The molecule has 5 nitrogen and oxygen atoms in total. The quantitative estimate of drug-likeness (QED) is 0.901. The van der Waals surface area contributed by atoms with Crippen LogP contribution in [-0.4, -0.2) is 25.7 Å². The van der Waals surface area contributed by atoms with Crippen LogP contribution in [0.2, 0.25) is 0 Å². The third-order valence-electron chi connectivity index (χ3n) is 2.80. The van der Waals surface area contributed by atoms with Crippen LogP contribution in [0.25, 0.3) is 5.65 Å². The van der Waals surface area contributed by atoms with Crippen molar-refractivity contribution in [1.29, 1.82) is 0 Å². The molecule has 1 N–H and O–H groups in total. The van der Waals surface area contributed by atoms with Gasteiger partial charge in [0.1, 0.15) is 0 Å². The number of carboxylic acids is 1. The SMILES string of the molecule is CC(C)(C)c1ccc2ncc(CCC(=O)O)n2n1. The molecule has 0 amide bonds. The van der Waals surface area contributed by atoms with Gasteiger partial charge in [-0.1, -0.05) is 20.8 Å². The Kier molecular flexibility index (Phi) is 3.07. The second-order valence-corrected chi connectivity index (χ2v) is 5.38. The predicted octanol–water partition coefficient (Wildman–Crippen LogP) is 2.04. The third kappa shape index (κ3) is 2.50. The summed E-state index contributed by atoms with van der Waals surface area (Å²) in [6, 6.07) is 3.88. The lowest BCUT2D eigenvalue weighted by Crippen LogP contribution is -2.16. The molecule has 0 aliphatic rings. The van der Waals surface area contributed by atoms with Crippen LogP contribution in [0.3, 0.4) is 0 Å². The molecular formula is C13H17N3O2. The standard InChI is InChI=1S/C13H17N3O2/c1-13(2,3)10-5-6-11-14-8-9(16(11)15-10)4-7-12(17)18/h5-6,8H,4,7H2,1-3H3,(H,17,18). The van der Waals surface area contributed by atoms with Crippen molar-refractivity contribution in [3.63, 3.8) is 0 Å². The first-order valence-electron chi connectivity index (χ1n) is 5.94. The summed E-state index contributed by atoms with van der Waals surface area (Å²) >= 11 is 0. The van der Waals surface area contributed by atoms with Gasteiger partial charge in [0, 0.05) is 11.8 Å². The van der Waals surface area contributed by atoms with Gasteiger partial charge < -0.3 is 5.11 Å². The summed E-state index contributed by atoms with van der Waals surface area (Å²) in [4.78, 5) is 14.8. The fourth-order valence-corrected chi connectivity index (χ4v) is 1.73. The minimum atomic E-state index is -0.808. The van der Waals surface area contributed by atoms with E-state index < -0.39 is 5.97 Å². The van der Waals surface area contributed by atoms with Crippen molar-refractivity contribution in [3.8, 4) is 0 Å². The van der Waals surface area contributed by atoms with E-state index in [9.17, 15) is 4.79 Å². The zero-order valence-electron chi connectivity index (χ0n) is 10.8. The largest absolute Gasteiger partial charge is 0.481 e. The van der Waals surface area contributed by atoms with E-state index in [4.69, 9.17) is 5.11 Å².